The van der Waals surface area contributed by atoms with Gasteiger partial charge in [-0.1, -0.05) is 51.3 Å². The molecule has 18 heavy (non-hydrogen) atoms. The zero-order valence-electron chi connectivity index (χ0n) is 11.5. The molecule has 1 nitrogen and oxygen atoms in total. The smallest absolute Gasteiger partial charge is 0.0551 e. The third-order valence-electron chi connectivity index (χ3n) is 3.22. The van der Waals surface area contributed by atoms with Crippen LogP contribution in [0.5, 0.6) is 0 Å². The molecule has 3 heteroatoms. The van der Waals surface area contributed by atoms with Crippen LogP contribution < -0.4 is 5.32 Å². The summed E-state index contributed by atoms with van der Waals surface area (Å²) in [4.78, 5) is 0. The van der Waals surface area contributed by atoms with E-state index in [4.69, 9.17) is 11.6 Å². The summed E-state index contributed by atoms with van der Waals surface area (Å²) in [6.07, 6.45) is 3.70. The summed E-state index contributed by atoms with van der Waals surface area (Å²) >= 11 is 9.62. The van der Waals surface area contributed by atoms with E-state index in [1.807, 2.05) is 6.07 Å². The molecule has 0 radical (unpaired) electrons. The van der Waals surface area contributed by atoms with Gasteiger partial charge in [-0.25, -0.2) is 0 Å². The van der Waals surface area contributed by atoms with Crippen LogP contribution in [0.4, 0.5) is 0 Å². The van der Waals surface area contributed by atoms with Crippen molar-refractivity contribution in [3.63, 3.8) is 0 Å². The minimum absolute atomic E-state index is 0.405. The van der Waals surface area contributed by atoms with Gasteiger partial charge in [0.25, 0.3) is 0 Å². The SMILES string of the molecule is CCCC(C)CC(NCC)c1ccc(Br)c(Cl)c1. The Labute approximate surface area is 124 Å². The highest BCUT2D eigenvalue weighted by atomic mass is 79.9. The van der Waals surface area contributed by atoms with Crippen LogP contribution in [0.3, 0.4) is 0 Å². The largest absolute Gasteiger partial charge is 0.310 e. The van der Waals surface area contributed by atoms with E-state index in [0.717, 1.165) is 22.0 Å². The zero-order valence-corrected chi connectivity index (χ0v) is 13.8. The van der Waals surface area contributed by atoms with Crippen molar-refractivity contribution in [2.24, 2.45) is 5.92 Å². The first-order chi connectivity index (χ1) is 8.58. The summed E-state index contributed by atoms with van der Waals surface area (Å²) in [5.41, 5.74) is 1.29. The molecule has 1 rings (SSSR count). The van der Waals surface area contributed by atoms with Crippen molar-refractivity contribution in [2.75, 3.05) is 6.54 Å². The molecule has 0 saturated carbocycles. The average molecular weight is 333 g/mol. The lowest BCUT2D eigenvalue weighted by Crippen LogP contribution is -2.23. The zero-order chi connectivity index (χ0) is 13.5. The summed E-state index contributed by atoms with van der Waals surface area (Å²) in [7, 11) is 0. The molecule has 0 fully saturated rings. The predicted molar refractivity (Wildman–Crippen MR) is 84.3 cm³/mol. The second-order valence-electron chi connectivity index (χ2n) is 4.91. The van der Waals surface area contributed by atoms with Crippen LogP contribution in [0.25, 0.3) is 0 Å². The normalized spacial score (nSPS) is 14.5. The Hall–Kier alpha value is -0.0500. The highest BCUT2D eigenvalue weighted by molar-refractivity contribution is 9.10. The van der Waals surface area contributed by atoms with Crippen molar-refractivity contribution < 1.29 is 0 Å². The van der Waals surface area contributed by atoms with E-state index in [2.05, 4.69) is 54.2 Å². The van der Waals surface area contributed by atoms with Crippen molar-refractivity contribution >= 4 is 27.5 Å². The van der Waals surface area contributed by atoms with Gasteiger partial charge in [-0.2, -0.15) is 0 Å². The van der Waals surface area contributed by atoms with Gasteiger partial charge in [0.05, 0.1) is 5.02 Å². The summed E-state index contributed by atoms with van der Waals surface area (Å²) < 4.78 is 0.963. The number of benzene rings is 1. The molecule has 0 saturated heterocycles. The van der Waals surface area contributed by atoms with Crippen molar-refractivity contribution in [2.45, 2.75) is 46.1 Å². The predicted octanol–water partition coefficient (Wildman–Crippen LogP) is 5.58. The van der Waals surface area contributed by atoms with E-state index >= 15 is 0 Å². The fourth-order valence-corrected chi connectivity index (χ4v) is 2.76. The van der Waals surface area contributed by atoms with Crippen LogP contribution in [0.2, 0.25) is 5.02 Å². The van der Waals surface area contributed by atoms with E-state index in [9.17, 15) is 0 Å². The van der Waals surface area contributed by atoms with E-state index in [-0.39, 0.29) is 0 Å². The molecule has 1 aromatic carbocycles. The Morgan fingerprint density at radius 3 is 2.61 bits per heavy atom. The monoisotopic (exact) mass is 331 g/mol. The maximum absolute atomic E-state index is 6.18. The summed E-state index contributed by atoms with van der Waals surface area (Å²) in [6.45, 7) is 7.71. The summed E-state index contributed by atoms with van der Waals surface area (Å²) in [6, 6.07) is 6.66. The van der Waals surface area contributed by atoms with Crippen LogP contribution >= 0.6 is 27.5 Å². The molecular weight excluding hydrogens is 310 g/mol. The Kier molecular flexibility index (Phi) is 7.28. The standard InChI is InChI=1S/C15H23BrClN/c1-4-6-11(3)9-15(18-5-2)12-7-8-13(16)14(17)10-12/h7-8,10-11,15,18H,4-6,9H2,1-3H3. The van der Waals surface area contributed by atoms with Gasteiger partial charge in [0.15, 0.2) is 0 Å². The number of rotatable bonds is 7. The lowest BCUT2D eigenvalue weighted by atomic mass is 9.93. The molecule has 0 aliphatic heterocycles. The highest BCUT2D eigenvalue weighted by Gasteiger charge is 2.15. The molecule has 2 atom stereocenters. The number of halogens is 2. The van der Waals surface area contributed by atoms with Crippen LogP contribution in [-0.4, -0.2) is 6.54 Å². The number of hydrogen-bond acceptors (Lipinski definition) is 1. The van der Waals surface area contributed by atoms with Gasteiger partial charge in [-0.15, -0.1) is 0 Å². The molecule has 0 bridgehead atoms. The van der Waals surface area contributed by atoms with Gasteiger partial charge >= 0.3 is 0 Å². The molecule has 0 spiro atoms. The van der Waals surface area contributed by atoms with Gasteiger partial charge in [0.2, 0.25) is 0 Å². The molecule has 0 aliphatic carbocycles. The van der Waals surface area contributed by atoms with E-state index < -0.39 is 0 Å². The molecule has 0 heterocycles. The summed E-state index contributed by atoms with van der Waals surface area (Å²) in [5, 5.41) is 4.35. The van der Waals surface area contributed by atoms with Gasteiger partial charge in [0, 0.05) is 10.5 Å². The molecule has 1 aromatic rings. The molecule has 1 N–H and O–H groups in total. The molecule has 0 aromatic heterocycles. The first kappa shape index (κ1) is 16.0. The lowest BCUT2D eigenvalue weighted by Gasteiger charge is -2.22. The third-order valence-corrected chi connectivity index (χ3v) is 4.45. The van der Waals surface area contributed by atoms with Crippen LogP contribution in [0, 0.1) is 5.92 Å². The second kappa shape index (κ2) is 8.19. The Balaban J connectivity index is 2.79. The highest BCUT2D eigenvalue weighted by Crippen LogP contribution is 2.29. The number of hydrogen-bond donors (Lipinski definition) is 1. The van der Waals surface area contributed by atoms with Crippen LogP contribution in [-0.2, 0) is 0 Å². The third kappa shape index (κ3) is 4.91. The molecule has 2 unspecified atom stereocenters. The Bertz CT molecular complexity index is 368. The maximum atomic E-state index is 6.18. The van der Waals surface area contributed by atoms with Gasteiger partial charge in [-0.3, -0.25) is 0 Å². The van der Waals surface area contributed by atoms with Gasteiger partial charge < -0.3 is 5.32 Å². The average Bonchev–Trinajstić information content (AvgIpc) is 2.32. The summed E-state index contributed by atoms with van der Waals surface area (Å²) in [5.74, 6) is 0.737. The number of nitrogens with one attached hydrogen (secondary N) is 1. The van der Waals surface area contributed by atoms with Gasteiger partial charge in [-0.05, 0) is 52.5 Å². The first-order valence-corrected chi connectivity index (χ1v) is 7.93. The van der Waals surface area contributed by atoms with Crippen molar-refractivity contribution in [3.8, 4) is 0 Å². The Morgan fingerprint density at radius 1 is 1.33 bits per heavy atom. The van der Waals surface area contributed by atoms with Crippen LogP contribution in [0.1, 0.15) is 51.6 Å². The van der Waals surface area contributed by atoms with Gasteiger partial charge in [0.1, 0.15) is 0 Å². The first-order valence-electron chi connectivity index (χ1n) is 6.76. The molecular formula is C15H23BrClN. The Morgan fingerprint density at radius 2 is 2.06 bits per heavy atom. The van der Waals surface area contributed by atoms with Crippen LogP contribution in [0.15, 0.2) is 22.7 Å². The van der Waals surface area contributed by atoms with Crippen molar-refractivity contribution in [3.05, 3.63) is 33.3 Å². The fraction of sp³-hybridized carbons (Fsp3) is 0.600. The quantitative estimate of drug-likeness (QED) is 0.687. The van der Waals surface area contributed by atoms with E-state index in [0.29, 0.717) is 6.04 Å². The van der Waals surface area contributed by atoms with Crippen molar-refractivity contribution in [1.82, 2.24) is 5.32 Å². The molecule has 0 amide bonds. The lowest BCUT2D eigenvalue weighted by molar-refractivity contribution is 0.395. The minimum atomic E-state index is 0.405. The molecule has 102 valence electrons. The van der Waals surface area contributed by atoms with Crippen molar-refractivity contribution in [1.29, 1.82) is 0 Å². The minimum Gasteiger partial charge on any atom is -0.310 e. The van der Waals surface area contributed by atoms with E-state index in [1.165, 1.54) is 24.8 Å². The molecule has 0 aliphatic rings. The second-order valence-corrected chi connectivity index (χ2v) is 6.17. The maximum Gasteiger partial charge on any atom is 0.0551 e. The van der Waals surface area contributed by atoms with E-state index in [1.54, 1.807) is 0 Å². The topological polar surface area (TPSA) is 12.0 Å². The fourth-order valence-electron chi connectivity index (χ4n) is 2.33.